The van der Waals surface area contributed by atoms with E-state index >= 15 is 0 Å². The van der Waals surface area contributed by atoms with Gasteiger partial charge in [0.25, 0.3) is 0 Å². The van der Waals surface area contributed by atoms with Crippen LogP contribution in [0.5, 0.6) is 0 Å². The van der Waals surface area contributed by atoms with Crippen LogP contribution in [-0.4, -0.2) is 36.0 Å². The maximum atomic E-state index is 11.7. The summed E-state index contributed by atoms with van der Waals surface area (Å²) in [6, 6.07) is 0.767. The van der Waals surface area contributed by atoms with Crippen molar-refractivity contribution in [3.05, 3.63) is 0 Å². The van der Waals surface area contributed by atoms with E-state index in [2.05, 4.69) is 33.0 Å². The monoisotopic (exact) mass is 200 g/mol. The molecular weight excluding hydrogens is 176 g/mol. The predicted octanol–water partition coefficient (Wildman–Crippen LogP) is 1.63. The van der Waals surface area contributed by atoms with Crippen LogP contribution in [0.2, 0.25) is 0 Å². The number of carbonyl (C=O) groups is 1. The molecule has 0 aliphatic rings. The molecule has 0 saturated heterocycles. The Bertz CT molecular complexity index is 167. The van der Waals surface area contributed by atoms with Crippen LogP contribution >= 0.6 is 0 Å². The van der Waals surface area contributed by atoms with Crippen LogP contribution in [0.3, 0.4) is 0 Å². The summed E-state index contributed by atoms with van der Waals surface area (Å²) in [6.45, 7) is 11.9. The molecule has 0 rings (SSSR count). The molecule has 0 aromatic rings. The second-order valence-corrected chi connectivity index (χ2v) is 4.13. The summed E-state index contributed by atoms with van der Waals surface area (Å²) < 4.78 is 0. The van der Waals surface area contributed by atoms with E-state index in [9.17, 15) is 4.79 Å². The average Bonchev–Trinajstić information content (AvgIpc) is 2.03. The molecule has 1 amide bonds. The number of amides is 1. The van der Waals surface area contributed by atoms with E-state index in [0.717, 1.165) is 13.1 Å². The van der Waals surface area contributed by atoms with Crippen molar-refractivity contribution in [1.82, 2.24) is 10.2 Å². The lowest BCUT2D eigenvalue weighted by molar-refractivity contribution is -0.132. The molecule has 1 N–H and O–H groups in total. The van der Waals surface area contributed by atoms with Gasteiger partial charge in [-0.25, -0.2) is 0 Å². The van der Waals surface area contributed by atoms with Crippen LogP contribution in [-0.2, 0) is 4.79 Å². The number of carbonyl (C=O) groups excluding carboxylic acids is 1. The molecule has 0 radical (unpaired) electrons. The molecule has 0 saturated carbocycles. The molecule has 0 aliphatic carbocycles. The van der Waals surface area contributed by atoms with Gasteiger partial charge in [-0.2, -0.15) is 0 Å². The highest BCUT2D eigenvalue weighted by atomic mass is 16.2. The molecule has 0 aliphatic heterocycles. The summed E-state index contributed by atoms with van der Waals surface area (Å²) in [5.41, 5.74) is 0. The molecule has 3 heteroatoms. The van der Waals surface area contributed by atoms with Crippen LogP contribution in [0.1, 0.15) is 41.0 Å². The minimum absolute atomic E-state index is 0.246. The van der Waals surface area contributed by atoms with Crippen LogP contribution in [0, 0.1) is 0 Å². The molecule has 0 unspecified atom stereocenters. The van der Waals surface area contributed by atoms with Crippen LogP contribution in [0.25, 0.3) is 0 Å². The van der Waals surface area contributed by atoms with Gasteiger partial charge in [0.1, 0.15) is 0 Å². The van der Waals surface area contributed by atoms with Gasteiger partial charge in [0, 0.05) is 31.6 Å². The number of nitrogens with zero attached hydrogens (tertiary/aromatic N) is 1. The van der Waals surface area contributed by atoms with Gasteiger partial charge in [0.15, 0.2) is 0 Å². The zero-order chi connectivity index (χ0) is 11.1. The van der Waals surface area contributed by atoms with Crippen LogP contribution in [0.15, 0.2) is 0 Å². The van der Waals surface area contributed by atoms with Crippen molar-refractivity contribution in [2.45, 2.75) is 53.1 Å². The van der Waals surface area contributed by atoms with Gasteiger partial charge in [-0.05, 0) is 20.8 Å². The molecular formula is C11H24N2O. The fourth-order valence-corrected chi connectivity index (χ4v) is 1.44. The van der Waals surface area contributed by atoms with Gasteiger partial charge < -0.3 is 10.2 Å². The van der Waals surface area contributed by atoms with Crippen molar-refractivity contribution < 1.29 is 4.79 Å². The largest absolute Gasteiger partial charge is 0.341 e. The number of hydrogen-bond acceptors (Lipinski definition) is 2. The minimum Gasteiger partial charge on any atom is -0.341 e. The van der Waals surface area contributed by atoms with E-state index in [-0.39, 0.29) is 5.91 Å². The first-order chi connectivity index (χ1) is 6.49. The highest BCUT2D eigenvalue weighted by Gasteiger charge is 2.13. The molecule has 0 bridgehead atoms. The average molecular weight is 200 g/mol. The van der Waals surface area contributed by atoms with E-state index in [0.29, 0.717) is 18.5 Å². The lowest BCUT2D eigenvalue weighted by Crippen LogP contribution is -2.38. The fraction of sp³-hybridized carbons (Fsp3) is 0.909. The maximum absolute atomic E-state index is 11.7. The van der Waals surface area contributed by atoms with Gasteiger partial charge in [0.2, 0.25) is 5.91 Å². The highest BCUT2D eigenvalue weighted by Crippen LogP contribution is 2.00. The predicted molar refractivity (Wildman–Crippen MR) is 60.3 cm³/mol. The fourth-order valence-electron chi connectivity index (χ4n) is 1.44. The number of nitrogens with one attached hydrogen (secondary N) is 1. The molecule has 3 nitrogen and oxygen atoms in total. The van der Waals surface area contributed by atoms with E-state index in [1.54, 1.807) is 0 Å². The lowest BCUT2D eigenvalue weighted by atomic mass is 10.2. The van der Waals surface area contributed by atoms with Gasteiger partial charge in [-0.3, -0.25) is 4.79 Å². The highest BCUT2D eigenvalue weighted by molar-refractivity contribution is 5.76. The van der Waals surface area contributed by atoms with Crippen molar-refractivity contribution in [2.24, 2.45) is 0 Å². The lowest BCUT2D eigenvalue weighted by Gasteiger charge is -2.25. The minimum atomic E-state index is 0.246. The maximum Gasteiger partial charge on any atom is 0.224 e. The molecule has 0 heterocycles. The summed E-state index contributed by atoms with van der Waals surface area (Å²) in [6.07, 6.45) is 0.601. The SMILES string of the molecule is CCN(C(=O)CCNC(C)C)C(C)C. The Balaban J connectivity index is 3.81. The Morgan fingerprint density at radius 3 is 2.21 bits per heavy atom. The van der Waals surface area contributed by atoms with Gasteiger partial charge in [-0.15, -0.1) is 0 Å². The third-order valence-corrected chi connectivity index (χ3v) is 2.18. The van der Waals surface area contributed by atoms with Crippen LogP contribution in [0.4, 0.5) is 0 Å². The second-order valence-electron chi connectivity index (χ2n) is 4.13. The van der Waals surface area contributed by atoms with E-state index < -0.39 is 0 Å². The quantitative estimate of drug-likeness (QED) is 0.707. The molecule has 0 spiro atoms. The summed E-state index contributed by atoms with van der Waals surface area (Å²) in [5.74, 6) is 0.246. The zero-order valence-corrected chi connectivity index (χ0v) is 10.1. The standard InChI is InChI=1S/C11H24N2O/c1-6-13(10(4)5)11(14)7-8-12-9(2)3/h9-10,12H,6-8H2,1-5H3. The normalized spacial score (nSPS) is 11.1. The number of hydrogen-bond donors (Lipinski definition) is 1. The molecule has 84 valence electrons. The van der Waals surface area contributed by atoms with Crippen molar-refractivity contribution in [1.29, 1.82) is 0 Å². The first-order valence-electron chi connectivity index (χ1n) is 5.51. The Hall–Kier alpha value is -0.570. The number of rotatable bonds is 6. The first-order valence-corrected chi connectivity index (χ1v) is 5.51. The van der Waals surface area contributed by atoms with Gasteiger partial charge >= 0.3 is 0 Å². The van der Waals surface area contributed by atoms with Crippen molar-refractivity contribution in [2.75, 3.05) is 13.1 Å². The van der Waals surface area contributed by atoms with E-state index in [1.807, 2.05) is 11.8 Å². The van der Waals surface area contributed by atoms with E-state index in [4.69, 9.17) is 0 Å². The zero-order valence-electron chi connectivity index (χ0n) is 10.1. The molecule has 0 aromatic heterocycles. The van der Waals surface area contributed by atoms with Gasteiger partial charge in [0.05, 0.1) is 0 Å². The Labute approximate surface area is 87.9 Å². The summed E-state index contributed by atoms with van der Waals surface area (Å²) in [4.78, 5) is 13.6. The summed E-state index contributed by atoms with van der Waals surface area (Å²) >= 11 is 0. The summed E-state index contributed by atoms with van der Waals surface area (Å²) in [5, 5.41) is 3.25. The third-order valence-electron chi connectivity index (χ3n) is 2.18. The van der Waals surface area contributed by atoms with Crippen molar-refractivity contribution in [3.8, 4) is 0 Å². The smallest absolute Gasteiger partial charge is 0.224 e. The van der Waals surface area contributed by atoms with Crippen molar-refractivity contribution >= 4 is 5.91 Å². The summed E-state index contributed by atoms with van der Waals surface area (Å²) in [7, 11) is 0. The van der Waals surface area contributed by atoms with Crippen LogP contribution < -0.4 is 5.32 Å². The van der Waals surface area contributed by atoms with E-state index in [1.165, 1.54) is 0 Å². The first kappa shape index (κ1) is 13.4. The van der Waals surface area contributed by atoms with Crippen molar-refractivity contribution in [3.63, 3.8) is 0 Å². The Kier molecular flexibility index (Phi) is 6.54. The van der Waals surface area contributed by atoms with Gasteiger partial charge in [-0.1, -0.05) is 13.8 Å². The Morgan fingerprint density at radius 1 is 1.29 bits per heavy atom. The topological polar surface area (TPSA) is 32.3 Å². The third kappa shape index (κ3) is 5.22. The Morgan fingerprint density at radius 2 is 1.86 bits per heavy atom. The molecule has 14 heavy (non-hydrogen) atoms. The molecule has 0 atom stereocenters. The second kappa shape index (κ2) is 6.82. The molecule has 0 aromatic carbocycles. The molecule has 0 fully saturated rings.